The number of nitrogens with zero attached hydrogens (tertiary/aromatic N) is 3. The standard InChI is InChI=1S/C25H26ClN5O5/c1-6-36-25(33)14(3)28-24(32)23-27-12-18-22(30-21-13(2)8-7-9-15(21)26)29-16-10-19(34-4)20(35-5)11-17(16)31(18)23/h7-12,14H,6H2,1-5H3,(H,28,32)(H,29,30)/t14-/m0/s1. The van der Waals surface area contributed by atoms with E-state index in [1.54, 1.807) is 36.4 Å². The number of benzene rings is 2. The molecular formula is C25H26ClN5O5. The number of aryl methyl sites for hydroxylation is 1. The second-order valence-electron chi connectivity index (χ2n) is 7.96. The number of imidazole rings is 1. The lowest BCUT2D eigenvalue weighted by atomic mass is 10.2. The Kier molecular flexibility index (Phi) is 7.16. The number of carbonyl (C=O) groups excluding carboxylic acids is 2. The first-order valence-corrected chi connectivity index (χ1v) is 11.6. The summed E-state index contributed by atoms with van der Waals surface area (Å²) in [5, 5.41) is 6.45. The van der Waals surface area contributed by atoms with E-state index in [0.29, 0.717) is 44.6 Å². The number of aromatic nitrogens is 3. The van der Waals surface area contributed by atoms with Gasteiger partial charge in [0.25, 0.3) is 5.91 Å². The van der Waals surface area contributed by atoms with Gasteiger partial charge in [-0.05, 0) is 32.4 Å². The summed E-state index contributed by atoms with van der Waals surface area (Å²) in [5.41, 5.74) is 3.17. The SMILES string of the molecule is CCOC(=O)[C@H](C)NC(=O)c1ncc2c(Nc3c(C)cccc3Cl)nc3cc(OC)c(OC)cc3n12. The van der Waals surface area contributed by atoms with E-state index in [2.05, 4.69) is 15.6 Å². The minimum Gasteiger partial charge on any atom is -0.493 e. The topological polar surface area (TPSA) is 116 Å². The van der Waals surface area contributed by atoms with Gasteiger partial charge in [0, 0.05) is 12.1 Å². The van der Waals surface area contributed by atoms with E-state index in [9.17, 15) is 9.59 Å². The molecule has 0 radical (unpaired) electrons. The fourth-order valence-electron chi connectivity index (χ4n) is 3.81. The van der Waals surface area contributed by atoms with E-state index < -0.39 is 17.9 Å². The number of methoxy groups -OCH3 is 2. The maximum atomic E-state index is 13.2. The van der Waals surface area contributed by atoms with Gasteiger partial charge in [-0.3, -0.25) is 9.20 Å². The molecule has 36 heavy (non-hydrogen) atoms. The summed E-state index contributed by atoms with van der Waals surface area (Å²) in [6.45, 7) is 5.38. The maximum Gasteiger partial charge on any atom is 0.328 e. The second-order valence-corrected chi connectivity index (χ2v) is 8.37. The Hall–Kier alpha value is -4.05. The molecule has 0 fully saturated rings. The number of hydrogen-bond acceptors (Lipinski definition) is 8. The van der Waals surface area contributed by atoms with Crippen LogP contribution in [0.1, 0.15) is 30.0 Å². The maximum absolute atomic E-state index is 13.2. The number of hydrogen-bond donors (Lipinski definition) is 2. The van der Waals surface area contributed by atoms with E-state index in [1.807, 2.05) is 19.1 Å². The van der Waals surface area contributed by atoms with Crippen LogP contribution in [-0.2, 0) is 9.53 Å². The molecule has 0 aliphatic heterocycles. The van der Waals surface area contributed by atoms with E-state index in [4.69, 9.17) is 30.8 Å². The Labute approximate surface area is 212 Å². The van der Waals surface area contributed by atoms with Gasteiger partial charge in [-0.2, -0.15) is 0 Å². The Morgan fingerprint density at radius 1 is 1.14 bits per heavy atom. The molecular weight excluding hydrogens is 486 g/mol. The summed E-state index contributed by atoms with van der Waals surface area (Å²) >= 11 is 6.45. The van der Waals surface area contributed by atoms with Crippen LogP contribution in [0.5, 0.6) is 11.5 Å². The highest BCUT2D eigenvalue weighted by molar-refractivity contribution is 6.33. The van der Waals surface area contributed by atoms with Crippen LogP contribution < -0.4 is 20.1 Å². The number of ether oxygens (including phenoxy) is 3. The van der Waals surface area contributed by atoms with Gasteiger partial charge < -0.3 is 24.8 Å². The zero-order valence-corrected chi connectivity index (χ0v) is 21.3. The van der Waals surface area contributed by atoms with Gasteiger partial charge in [0.15, 0.2) is 17.3 Å². The van der Waals surface area contributed by atoms with Crippen molar-refractivity contribution in [2.75, 3.05) is 26.1 Å². The van der Waals surface area contributed by atoms with Crippen molar-refractivity contribution in [3.63, 3.8) is 0 Å². The number of anilines is 2. The van der Waals surface area contributed by atoms with Crippen LogP contribution in [0.4, 0.5) is 11.5 Å². The molecule has 2 heterocycles. The summed E-state index contributed by atoms with van der Waals surface area (Å²) < 4.78 is 17.6. The third kappa shape index (κ3) is 4.59. The minimum atomic E-state index is -0.865. The van der Waals surface area contributed by atoms with Crippen molar-refractivity contribution in [3.05, 3.63) is 52.9 Å². The highest BCUT2D eigenvalue weighted by Crippen LogP contribution is 2.36. The van der Waals surface area contributed by atoms with Gasteiger partial charge in [0.05, 0.1) is 48.8 Å². The molecule has 4 rings (SSSR count). The monoisotopic (exact) mass is 511 g/mol. The Morgan fingerprint density at radius 2 is 1.86 bits per heavy atom. The molecule has 1 amide bonds. The lowest BCUT2D eigenvalue weighted by Gasteiger charge is -2.16. The van der Waals surface area contributed by atoms with Gasteiger partial charge in [-0.25, -0.2) is 14.8 Å². The molecule has 0 saturated heterocycles. The lowest BCUT2D eigenvalue weighted by Crippen LogP contribution is -2.40. The van der Waals surface area contributed by atoms with Crippen molar-refractivity contribution in [2.24, 2.45) is 0 Å². The van der Waals surface area contributed by atoms with Crippen LogP contribution in [-0.4, -0.2) is 53.1 Å². The Balaban J connectivity index is 1.92. The first kappa shape index (κ1) is 25.1. The molecule has 0 spiro atoms. The summed E-state index contributed by atoms with van der Waals surface area (Å²) in [5.74, 6) is 0.309. The number of carbonyl (C=O) groups is 2. The number of esters is 1. The average Bonchev–Trinajstić information content (AvgIpc) is 3.31. The highest BCUT2D eigenvalue weighted by Gasteiger charge is 2.24. The highest BCUT2D eigenvalue weighted by atomic mass is 35.5. The minimum absolute atomic E-state index is 0.0553. The third-order valence-electron chi connectivity index (χ3n) is 5.61. The molecule has 11 heteroatoms. The van der Waals surface area contributed by atoms with E-state index in [-0.39, 0.29) is 12.4 Å². The van der Waals surface area contributed by atoms with Gasteiger partial charge >= 0.3 is 5.97 Å². The van der Waals surface area contributed by atoms with Crippen LogP contribution >= 0.6 is 11.6 Å². The third-order valence-corrected chi connectivity index (χ3v) is 5.93. The summed E-state index contributed by atoms with van der Waals surface area (Å²) in [7, 11) is 3.05. The first-order valence-electron chi connectivity index (χ1n) is 11.2. The molecule has 4 aromatic rings. The zero-order valence-electron chi connectivity index (χ0n) is 20.5. The summed E-state index contributed by atoms with van der Waals surface area (Å²) in [6.07, 6.45) is 1.53. The van der Waals surface area contributed by atoms with Gasteiger partial charge in [0.1, 0.15) is 11.6 Å². The van der Waals surface area contributed by atoms with Crippen LogP contribution in [0.3, 0.4) is 0 Å². The van der Waals surface area contributed by atoms with Crippen molar-refractivity contribution in [1.82, 2.24) is 19.7 Å². The normalized spacial score (nSPS) is 11.8. The second kappa shape index (κ2) is 10.3. The predicted octanol–water partition coefficient (Wildman–Crippen LogP) is 4.29. The first-order chi connectivity index (χ1) is 17.3. The van der Waals surface area contributed by atoms with Crippen LogP contribution in [0.15, 0.2) is 36.5 Å². The number of amides is 1. The number of halogens is 1. The smallest absolute Gasteiger partial charge is 0.328 e. The van der Waals surface area contributed by atoms with Crippen molar-refractivity contribution >= 4 is 51.5 Å². The molecule has 2 aromatic carbocycles. The van der Waals surface area contributed by atoms with Crippen molar-refractivity contribution in [1.29, 1.82) is 0 Å². The number of nitrogens with one attached hydrogen (secondary N) is 2. The van der Waals surface area contributed by atoms with E-state index in [1.165, 1.54) is 20.4 Å². The fourth-order valence-corrected chi connectivity index (χ4v) is 4.08. The molecule has 1 atom stereocenters. The molecule has 2 N–H and O–H groups in total. The van der Waals surface area contributed by atoms with E-state index in [0.717, 1.165) is 5.56 Å². The quantitative estimate of drug-likeness (QED) is 0.337. The Morgan fingerprint density at radius 3 is 2.53 bits per heavy atom. The molecule has 0 saturated carbocycles. The molecule has 188 valence electrons. The summed E-state index contributed by atoms with van der Waals surface area (Å²) in [4.78, 5) is 34.4. The van der Waals surface area contributed by atoms with Gasteiger partial charge in [-0.1, -0.05) is 23.7 Å². The molecule has 0 unspecified atom stereocenters. The van der Waals surface area contributed by atoms with Crippen molar-refractivity contribution in [3.8, 4) is 11.5 Å². The summed E-state index contributed by atoms with van der Waals surface area (Å²) in [6, 6.07) is 8.11. The number of fused-ring (bicyclic) bond motifs is 3. The van der Waals surface area contributed by atoms with Crippen molar-refractivity contribution < 1.29 is 23.8 Å². The van der Waals surface area contributed by atoms with Gasteiger partial charge in [-0.15, -0.1) is 0 Å². The number of rotatable bonds is 8. The largest absolute Gasteiger partial charge is 0.493 e. The molecule has 0 bridgehead atoms. The predicted molar refractivity (Wildman–Crippen MR) is 137 cm³/mol. The van der Waals surface area contributed by atoms with Gasteiger partial charge in [0.2, 0.25) is 5.82 Å². The van der Waals surface area contributed by atoms with Crippen LogP contribution in [0.25, 0.3) is 16.6 Å². The average molecular weight is 512 g/mol. The zero-order chi connectivity index (χ0) is 26.0. The van der Waals surface area contributed by atoms with Crippen LogP contribution in [0.2, 0.25) is 5.02 Å². The Bertz CT molecular complexity index is 1450. The van der Waals surface area contributed by atoms with E-state index >= 15 is 0 Å². The number of para-hydroxylation sites is 1. The molecule has 0 aliphatic rings. The fraction of sp³-hybridized carbons (Fsp3) is 0.280. The molecule has 2 aromatic heterocycles. The van der Waals surface area contributed by atoms with Crippen LogP contribution in [0, 0.1) is 6.92 Å². The lowest BCUT2D eigenvalue weighted by molar-refractivity contribution is -0.144. The molecule has 10 nitrogen and oxygen atoms in total. The van der Waals surface area contributed by atoms with Crippen molar-refractivity contribution in [2.45, 2.75) is 26.8 Å². The molecule has 0 aliphatic carbocycles.